The molecule has 0 fully saturated rings. The van der Waals surface area contributed by atoms with Crippen molar-refractivity contribution in [3.63, 3.8) is 0 Å². The predicted octanol–water partition coefficient (Wildman–Crippen LogP) is 4.80. The van der Waals surface area contributed by atoms with E-state index in [1.165, 1.54) is 0 Å². The van der Waals surface area contributed by atoms with Crippen LogP contribution in [0.4, 0.5) is 0 Å². The van der Waals surface area contributed by atoms with E-state index in [1.807, 2.05) is 90.9 Å². The van der Waals surface area contributed by atoms with Gasteiger partial charge in [0.15, 0.2) is 0 Å². The number of aromatic nitrogens is 6. The SMILES string of the molecule is Cc1cc(C)n(Cc2cccc(C(=O)N3CCCC(=O)N[C@H](Cc4c[nH]c5ccccc45)C(=O)N[C@@H](CC(C)C)c4nc(C)nn4CC3)c2)n1. The number of para-hydroxylation sites is 1. The third-order valence-corrected chi connectivity index (χ3v) is 9.20. The maximum absolute atomic E-state index is 14.1. The van der Waals surface area contributed by atoms with Crippen molar-refractivity contribution in [3.8, 4) is 0 Å². The monoisotopic (exact) mass is 677 g/mol. The standard InChI is InChI=1S/C38H47N9O3/c1-24(2)18-33-36-40-27(5)44-46(36)17-16-45(38(50)29-11-8-10-28(20-29)23-47-26(4)19-25(3)43-47)15-9-14-35(48)41-34(37(49)42-33)21-30-22-39-32-13-7-6-12-31(30)32/h6-8,10-13,19-20,22,24,33-34,39H,9,14-18,21,23H2,1-5H3,(H,41,48)(H,42,49)/t33-,34+/m0/s1. The van der Waals surface area contributed by atoms with Crippen LogP contribution in [-0.4, -0.2) is 71.3 Å². The van der Waals surface area contributed by atoms with Gasteiger partial charge in [-0.1, -0.05) is 44.2 Å². The number of fused-ring (bicyclic) bond motifs is 2. The van der Waals surface area contributed by atoms with Crippen LogP contribution in [0.3, 0.4) is 0 Å². The highest BCUT2D eigenvalue weighted by Gasteiger charge is 2.29. The summed E-state index contributed by atoms with van der Waals surface area (Å²) >= 11 is 0. The molecular weight excluding hydrogens is 630 g/mol. The molecule has 5 aromatic rings. The molecule has 2 aromatic carbocycles. The second-order valence-electron chi connectivity index (χ2n) is 13.8. The molecule has 3 amide bonds. The molecule has 0 radical (unpaired) electrons. The first-order valence-electron chi connectivity index (χ1n) is 17.5. The lowest BCUT2D eigenvalue weighted by molar-refractivity contribution is -0.129. The zero-order chi connectivity index (χ0) is 35.4. The number of H-pyrrole nitrogens is 1. The van der Waals surface area contributed by atoms with Gasteiger partial charge in [0.1, 0.15) is 17.7 Å². The highest BCUT2D eigenvalue weighted by atomic mass is 16.2. The fourth-order valence-corrected chi connectivity index (χ4v) is 6.82. The lowest BCUT2D eigenvalue weighted by atomic mass is 10.0. The van der Waals surface area contributed by atoms with E-state index in [-0.39, 0.29) is 30.1 Å². The molecule has 50 heavy (non-hydrogen) atoms. The smallest absolute Gasteiger partial charge is 0.253 e. The van der Waals surface area contributed by atoms with E-state index in [4.69, 9.17) is 10.1 Å². The summed E-state index contributed by atoms with van der Waals surface area (Å²) in [4.78, 5) is 51.4. The molecule has 3 N–H and O–H groups in total. The Hall–Kier alpha value is -5.26. The molecule has 2 atom stereocenters. The third kappa shape index (κ3) is 8.12. The summed E-state index contributed by atoms with van der Waals surface area (Å²) in [7, 11) is 0. The van der Waals surface area contributed by atoms with Gasteiger partial charge in [-0.25, -0.2) is 9.67 Å². The second-order valence-corrected chi connectivity index (χ2v) is 13.8. The highest BCUT2D eigenvalue weighted by Crippen LogP contribution is 2.23. The molecule has 0 aliphatic carbocycles. The van der Waals surface area contributed by atoms with Crippen molar-refractivity contribution >= 4 is 28.6 Å². The maximum atomic E-state index is 14.1. The number of rotatable bonds is 7. The zero-order valence-electron chi connectivity index (χ0n) is 29.6. The van der Waals surface area contributed by atoms with Crippen molar-refractivity contribution in [1.82, 2.24) is 45.1 Å². The lowest BCUT2D eigenvalue weighted by Gasteiger charge is -2.27. The minimum Gasteiger partial charge on any atom is -0.361 e. The van der Waals surface area contributed by atoms with E-state index < -0.39 is 12.1 Å². The molecule has 0 spiro atoms. The van der Waals surface area contributed by atoms with Crippen LogP contribution in [0.15, 0.2) is 60.8 Å². The van der Waals surface area contributed by atoms with Gasteiger partial charge in [0.25, 0.3) is 5.91 Å². The van der Waals surface area contributed by atoms with Gasteiger partial charge in [-0.05, 0) is 74.9 Å². The summed E-state index contributed by atoms with van der Waals surface area (Å²) < 4.78 is 3.76. The number of aromatic amines is 1. The molecule has 4 heterocycles. The van der Waals surface area contributed by atoms with Gasteiger partial charge in [0.05, 0.1) is 24.8 Å². The predicted molar refractivity (Wildman–Crippen MR) is 191 cm³/mol. The third-order valence-electron chi connectivity index (χ3n) is 9.20. The Morgan fingerprint density at radius 1 is 0.940 bits per heavy atom. The zero-order valence-corrected chi connectivity index (χ0v) is 29.6. The first kappa shape index (κ1) is 34.6. The van der Waals surface area contributed by atoms with E-state index in [0.29, 0.717) is 62.7 Å². The van der Waals surface area contributed by atoms with Crippen molar-refractivity contribution in [2.45, 2.75) is 85.5 Å². The Kier molecular flexibility index (Phi) is 10.4. The normalized spacial score (nSPS) is 17.8. The number of benzene rings is 2. The van der Waals surface area contributed by atoms with Gasteiger partial charge < -0.3 is 20.5 Å². The topological polar surface area (TPSA) is 143 Å². The van der Waals surface area contributed by atoms with Crippen LogP contribution in [0.2, 0.25) is 0 Å². The van der Waals surface area contributed by atoms with Gasteiger partial charge in [0, 0.05) is 54.3 Å². The Bertz CT molecular complexity index is 1990. The molecule has 0 bridgehead atoms. The van der Waals surface area contributed by atoms with Crippen LogP contribution in [-0.2, 0) is 29.1 Å². The second kappa shape index (κ2) is 15.1. The summed E-state index contributed by atoms with van der Waals surface area (Å²) in [5.74, 6) is 0.849. The van der Waals surface area contributed by atoms with Crippen molar-refractivity contribution in [2.24, 2.45) is 5.92 Å². The molecule has 1 aliphatic rings. The minimum atomic E-state index is -0.806. The van der Waals surface area contributed by atoms with Gasteiger partial charge in [0.2, 0.25) is 11.8 Å². The summed E-state index contributed by atoms with van der Waals surface area (Å²) in [6, 6.07) is 16.4. The molecule has 0 unspecified atom stereocenters. The van der Waals surface area contributed by atoms with Crippen LogP contribution in [0.5, 0.6) is 0 Å². The number of amides is 3. The lowest BCUT2D eigenvalue weighted by Crippen LogP contribution is -2.49. The fourth-order valence-electron chi connectivity index (χ4n) is 6.82. The van der Waals surface area contributed by atoms with E-state index in [2.05, 4.69) is 34.6 Å². The number of hydrogen-bond acceptors (Lipinski definition) is 6. The number of carbonyl (C=O) groups is 3. The minimum absolute atomic E-state index is 0.115. The summed E-state index contributed by atoms with van der Waals surface area (Å²) in [5.41, 5.74) is 5.48. The molecule has 0 saturated carbocycles. The number of hydrogen-bond donors (Lipinski definition) is 3. The van der Waals surface area contributed by atoms with Gasteiger partial charge in [-0.2, -0.15) is 10.2 Å². The molecule has 12 heteroatoms. The average molecular weight is 678 g/mol. The average Bonchev–Trinajstić information content (AvgIpc) is 3.76. The molecule has 0 saturated heterocycles. The molecule has 3 aromatic heterocycles. The van der Waals surface area contributed by atoms with Crippen molar-refractivity contribution in [2.75, 3.05) is 13.1 Å². The van der Waals surface area contributed by atoms with Crippen LogP contribution in [0.25, 0.3) is 10.9 Å². The number of aryl methyl sites for hydroxylation is 3. The quantitative estimate of drug-likeness (QED) is 0.226. The van der Waals surface area contributed by atoms with Crippen LogP contribution >= 0.6 is 0 Å². The Morgan fingerprint density at radius 2 is 1.76 bits per heavy atom. The Labute approximate surface area is 292 Å². The van der Waals surface area contributed by atoms with Crippen LogP contribution < -0.4 is 10.6 Å². The fraction of sp³-hybridized carbons (Fsp3) is 0.421. The van der Waals surface area contributed by atoms with Gasteiger partial charge in [-0.3, -0.25) is 19.1 Å². The van der Waals surface area contributed by atoms with Crippen molar-refractivity contribution < 1.29 is 14.4 Å². The van der Waals surface area contributed by atoms with Gasteiger partial charge >= 0.3 is 0 Å². The van der Waals surface area contributed by atoms with E-state index >= 15 is 0 Å². The van der Waals surface area contributed by atoms with E-state index in [0.717, 1.165) is 33.4 Å². The van der Waals surface area contributed by atoms with Crippen molar-refractivity contribution in [3.05, 3.63) is 101 Å². The molecule has 6 rings (SSSR count). The van der Waals surface area contributed by atoms with Crippen LogP contribution in [0.1, 0.15) is 83.7 Å². The number of carbonyl (C=O) groups excluding carboxylic acids is 3. The number of nitrogens with one attached hydrogen (secondary N) is 3. The number of nitrogens with zero attached hydrogens (tertiary/aromatic N) is 6. The van der Waals surface area contributed by atoms with E-state index in [9.17, 15) is 14.4 Å². The molecule has 262 valence electrons. The van der Waals surface area contributed by atoms with Crippen molar-refractivity contribution in [1.29, 1.82) is 0 Å². The summed E-state index contributed by atoms with van der Waals surface area (Å²) in [6.07, 6.45) is 3.45. The Balaban J connectivity index is 1.28. The van der Waals surface area contributed by atoms with Crippen LogP contribution in [0, 0.1) is 26.7 Å². The molecule has 1 aliphatic heterocycles. The first-order chi connectivity index (χ1) is 24.0. The maximum Gasteiger partial charge on any atom is 0.253 e. The highest BCUT2D eigenvalue weighted by molar-refractivity contribution is 5.94. The van der Waals surface area contributed by atoms with Gasteiger partial charge in [-0.15, -0.1) is 0 Å². The summed E-state index contributed by atoms with van der Waals surface area (Å²) in [5, 5.41) is 16.5. The first-order valence-corrected chi connectivity index (χ1v) is 17.5. The van der Waals surface area contributed by atoms with E-state index in [1.54, 1.807) is 4.90 Å². The Morgan fingerprint density at radius 3 is 2.54 bits per heavy atom. The molecular formula is C38H47N9O3. The summed E-state index contributed by atoms with van der Waals surface area (Å²) in [6.45, 7) is 11.7. The largest absolute Gasteiger partial charge is 0.361 e. The molecule has 12 nitrogen and oxygen atoms in total.